The zero-order valence-corrected chi connectivity index (χ0v) is 20.4. The Kier molecular flexibility index (Phi) is 7.45. The van der Waals surface area contributed by atoms with E-state index in [1.54, 1.807) is 0 Å². The third-order valence-corrected chi connectivity index (χ3v) is 6.71. The number of benzene rings is 1. The summed E-state index contributed by atoms with van der Waals surface area (Å²) >= 11 is 5.57. The summed E-state index contributed by atoms with van der Waals surface area (Å²) in [7, 11) is 0. The molecule has 1 aromatic heterocycles. The van der Waals surface area contributed by atoms with Gasteiger partial charge in [-0.3, -0.25) is 0 Å². The third kappa shape index (κ3) is 6.09. The topological polar surface area (TPSA) is 56.3 Å². The van der Waals surface area contributed by atoms with E-state index in [0.29, 0.717) is 29.4 Å². The highest BCUT2D eigenvalue weighted by Crippen LogP contribution is 2.28. The van der Waals surface area contributed by atoms with Gasteiger partial charge >= 0.3 is 0 Å². The molecule has 2 fully saturated rings. The van der Waals surface area contributed by atoms with Crippen LogP contribution in [0.1, 0.15) is 50.7 Å². The number of nitrogens with one attached hydrogen (secondary N) is 2. The molecule has 2 saturated heterocycles. The second-order valence-corrected chi connectivity index (χ2v) is 10.00. The molecule has 2 aliphatic heterocycles. The first-order valence-electron chi connectivity index (χ1n) is 12.0. The number of anilines is 3. The van der Waals surface area contributed by atoms with Crippen LogP contribution in [-0.4, -0.2) is 41.3 Å². The average molecular weight is 453 g/mol. The third-order valence-electron chi connectivity index (χ3n) is 6.46. The van der Waals surface area contributed by atoms with E-state index in [9.17, 15) is 0 Å². The number of piperidine rings is 2. The van der Waals surface area contributed by atoms with Crippen LogP contribution >= 0.6 is 12.2 Å². The summed E-state index contributed by atoms with van der Waals surface area (Å²) < 4.78 is 0. The number of thiocarbonyl (C=S) groups is 1. The second-order valence-electron chi connectivity index (χ2n) is 9.59. The molecular weight excluding hydrogens is 416 g/mol. The minimum absolute atomic E-state index is 0.549. The number of nitrogens with zero attached hydrogens (tertiary/aromatic N) is 4. The first kappa shape index (κ1) is 22.8. The fourth-order valence-electron chi connectivity index (χ4n) is 4.63. The fraction of sp³-hybridized carbons (Fsp3) is 0.560. The first-order valence-corrected chi connectivity index (χ1v) is 12.4. The maximum atomic E-state index is 5.57. The number of aromatic nitrogens is 2. The molecule has 0 bridgehead atoms. The summed E-state index contributed by atoms with van der Waals surface area (Å²) in [6.45, 7) is 11.6. The van der Waals surface area contributed by atoms with Crippen molar-refractivity contribution in [2.45, 2.75) is 53.0 Å². The van der Waals surface area contributed by atoms with Crippen molar-refractivity contribution in [1.29, 1.82) is 0 Å². The van der Waals surface area contributed by atoms with E-state index in [4.69, 9.17) is 22.2 Å². The normalized spacial score (nSPS) is 21.3. The SMILES string of the molecule is Cc1ccc(CNC(=S)Nc2nc(N3CCC[C@@H](C)C3)cc(N3CCC[C@@H](C)C3)n2)cc1. The van der Waals surface area contributed by atoms with Crippen molar-refractivity contribution in [1.82, 2.24) is 15.3 Å². The molecular formula is C25H36N6S. The minimum Gasteiger partial charge on any atom is -0.358 e. The largest absolute Gasteiger partial charge is 0.358 e. The van der Waals surface area contributed by atoms with Crippen LogP contribution in [0.25, 0.3) is 0 Å². The van der Waals surface area contributed by atoms with Crippen LogP contribution in [0, 0.1) is 18.8 Å². The molecule has 0 radical (unpaired) electrons. The lowest BCUT2D eigenvalue weighted by Crippen LogP contribution is -2.37. The molecule has 0 amide bonds. The number of aryl methyl sites for hydroxylation is 1. The molecule has 0 saturated carbocycles. The molecule has 2 N–H and O–H groups in total. The van der Waals surface area contributed by atoms with Crippen LogP contribution in [0.3, 0.4) is 0 Å². The van der Waals surface area contributed by atoms with Gasteiger partial charge in [-0.05, 0) is 62.2 Å². The monoisotopic (exact) mass is 452 g/mol. The molecule has 3 heterocycles. The van der Waals surface area contributed by atoms with Crippen molar-refractivity contribution in [3.8, 4) is 0 Å². The Morgan fingerprint density at radius 3 is 2.06 bits per heavy atom. The summed E-state index contributed by atoms with van der Waals surface area (Å²) in [5.74, 6) is 3.96. The van der Waals surface area contributed by atoms with Crippen LogP contribution in [0.5, 0.6) is 0 Å². The quantitative estimate of drug-likeness (QED) is 0.635. The smallest absolute Gasteiger partial charge is 0.232 e. The van der Waals surface area contributed by atoms with Crippen LogP contribution in [0.15, 0.2) is 30.3 Å². The Hall–Kier alpha value is -2.41. The van der Waals surface area contributed by atoms with Crippen molar-refractivity contribution in [3.63, 3.8) is 0 Å². The van der Waals surface area contributed by atoms with E-state index in [1.165, 1.54) is 36.8 Å². The average Bonchev–Trinajstić information content (AvgIpc) is 2.78. The van der Waals surface area contributed by atoms with Crippen molar-refractivity contribution in [3.05, 3.63) is 41.5 Å². The van der Waals surface area contributed by atoms with E-state index >= 15 is 0 Å². The van der Waals surface area contributed by atoms with Crippen molar-refractivity contribution in [2.75, 3.05) is 41.3 Å². The molecule has 2 aliphatic rings. The van der Waals surface area contributed by atoms with Gasteiger partial charge in [0.1, 0.15) is 11.6 Å². The van der Waals surface area contributed by atoms with Crippen molar-refractivity contribution < 1.29 is 0 Å². The molecule has 0 aliphatic carbocycles. The molecule has 7 heteroatoms. The van der Waals surface area contributed by atoms with Crippen LogP contribution in [-0.2, 0) is 6.54 Å². The lowest BCUT2D eigenvalue weighted by Gasteiger charge is -2.35. The highest BCUT2D eigenvalue weighted by Gasteiger charge is 2.23. The van der Waals surface area contributed by atoms with Gasteiger partial charge in [0.15, 0.2) is 5.11 Å². The molecule has 4 rings (SSSR count). The van der Waals surface area contributed by atoms with E-state index in [0.717, 1.165) is 37.8 Å². The maximum Gasteiger partial charge on any atom is 0.232 e. The Morgan fingerprint density at radius 1 is 0.969 bits per heavy atom. The summed E-state index contributed by atoms with van der Waals surface area (Å²) in [5, 5.41) is 7.09. The first-order chi connectivity index (χ1) is 15.5. The van der Waals surface area contributed by atoms with Crippen LogP contribution in [0.4, 0.5) is 17.6 Å². The highest BCUT2D eigenvalue weighted by molar-refractivity contribution is 7.80. The van der Waals surface area contributed by atoms with E-state index in [-0.39, 0.29) is 0 Å². The fourth-order valence-corrected chi connectivity index (χ4v) is 4.79. The molecule has 2 aromatic rings. The lowest BCUT2D eigenvalue weighted by molar-refractivity contribution is 0.441. The van der Waals surface area contributed by atoms with Crippen molar-refractivity contribution >= 4 is 34.9 Å². The van der Waals surface area contributed by atoms with Gasteiger partial charge in [0.05, 0.1) is 0 Å². The molecule has 2 atom stereocenters. The van der Waals surface area contributed by atoms with Gasteiger partial charge in [-0.25, -0.2) is 0 Å². The predicted molar refractivity (Wildman–Crippen MR) is 137 cm³/mol. The zero-order valence-electron chi connectivity index (χ0n) is 19.6. The number of hydrogen-bond acceptors (Lipinski definition) is 5. The van der Waals surface area contributed by atoms with E-state index in [2.05, 4.69) is 71.5 Å². The lowest BCUT2D eigenvalue weighted by atomic mass is 10.00. The van der Waals surface area contributed by atoms with Gasteiger partial charge in [-0.15, -0.1) is 0 Å². The van der Waals surface area contributed by atoms with Crippen LogP contribution < -0.4 is 20.4 Å². The maximum absolute atomic E-state index is 5.57. The molecule has 0 unspecified atom stereocenters. The Labute approximate surface area is 197 Å². The Balaban J connectivity index is 1.50. The molecule has 172 valence electrons. The Morgan fingerprint density at radius 2 is 1.53 bits per heavy atom. The predicted octanol–water partition coefficient (Wildman–Crippen LogP) is 4.74. The summed E-state index contributed by atoms with van der Waals surface area (Å²) in [6.07, 6.45) is 4.99. The van der Waals surface area contributed by atoms with E-state index < -0.39 is 0 Å². The zero-order chi connectivity index (χ0) is 22.5. The van der Waals surface area contributed by atoms with Gasteiger partial charge in [0.2, 0.25) is 5.95 Å². The van der Waals surface area contributed by atoms with Gasteiger partial charge in [0, 0.05) is 38.8 Å². The molecule has 32 heavy (non-hydrogen) atoms. The van der Waals surface area contributed by atoms with Gasteiger partial charge in [-0.2, -0.15) is 9.97 Å². The number of rotatable bonds is 5. The summed E-state index contributed by atoms with van der Waals surface area (Å²) in [4.78, 5) is 14.5. The van der Waals surface area contributed by atoms with Crippen LogP contribution in [0.2, 0.25) is 0 Å². The minimum atomic E-state index is 0.549. The number of hydrogen-bond donors (Lipinski definition) is 2. The van der Waals surface area contributed by atoms with Gasteiger partial charge in [0.25, 0.3) is 0 Å². The van der Waals surface area contributed by atoms with Gasteiger partial charge in [-0.1, -0.05) is 43.7 Å². The van der Waals surface area contributed by atoms with Gasteiger partial charge < -0.3 is 20.4 Å². The standard InChI is InChI=1S/C25H36N6S/c1-18-8-10-21(11-9-18)15-26-25(32)29-24-27-22(30-12-4-6-19(2)16-30)14-23(28-24)31-13-5-7-20(3)17-31/h8-11,14,19-20H,4-7,12-13,15-17H2,1-3H3,(H2,26,27,28,29,32)/t19-,20-/m1/s1. The highest BCUT2D eigenvalue weighted by atomic mass is 32.1. The summed E-state index contributed by atoms with van der Waals surface area (Å²) in [6, 6.07) is 10.6. The van der Waals surface area contributed by atoms with Crippen molar-refractivity contribution in [2.24, 2.45) is 11.8 Å². The molecule has 0 spiro atoms. The Bertz CT molecular complexity index is 875. The summed E-state index contributed by atoms with van der Waals surface area (Å²) in [5.41, 5.74) is 2.45. The molecule has 6 nitrogen and oxygen atoms in total. The van der Waals surface area contributed by atoms with E-state index in [1.807, 2.05) is 0 Å². The molecule has 1 aromatic carbocycles. The second kappa shape index (κ2) is 10.5.